The van der Waals surface area contributed by atoms with Crippen molar-refractivity contribution in [3.05, 3.63) is 46.2 Å². The summed E-state index contributed by atoms with van der Waals surface area (Å²) in [5.74, 6) is 0.155. The van der Waals surface area contributed by atoms with Gasteiger partial charge >= 0.3 is 0 Å². The number of para-hydroxylation sites is 1. The van der Waals surface area contributed by atoms with Crippen LogP contribution in [0.4, 0.5) is 0 Å². The number of piperazine rings is 1. The molecule has 5 nitrogen and oxygen atoms in total. The number of hydrogen-bond donors (Lipinski definition) is 1. The van der Waals surface area contributed by atoms with Gasteiger partial charge in [-0.1, -0.05) is 31.5 Å². The molecule has 1 aliphatic heterocycles. The number of hydrogen-bond acceptors (Lipinski definition) is 3. The van der Waals surface area contributed by atoms with Gasteiger partial charge in [0, 0.05) is 43.7 Å². The minimum Gasteiger partial charge on any atom is -0.340 e. The molecule has 0 spiro atoms. The van der Waals surface area contributed by atoms with E-state index in [1.165, 1.54) is 12.8 Å². The lowest BCUT2D eigenvalue weighted by molar-refractivity contribution is -0.132. The van der Waals surface area contributed by atoms with Crippen molar-refractivity contribution >= 4 is 16.8 Å². The molecule has 1 aromatic heterocycles. The van der Waals surface area contributed by atoms with Crippen LogP contribution in [0.1, 0.15) is 31.7 Å². The van der Waals surface area contributed by atoms with E-state index in [-0.39, 0.29) is 11.5 Å². The Morgan fingerprint density at radius 3 is 2.68 bits per heavy atom. The van der Waals surface area contributed by atoms with Crippen molar-refractivity contribution in [2.24, 2.45) is 0 Å². The zero-order valence-corrected chi connectivity index (χ0v) is 15.0. The molecule has 0 aliphatic carbocycles. The molecule has 0 unspecified atom stereocenters. The third-order valence-corrected chi connectivity index (χ3v) is 4.99. The van der Waals surface area contributed by atoms with Crippen LogP contribution in [0, 0.1) is 0 Å². The van der Waals surface area contributed by atoms with Crippen molar-refractivity contribution < 1.29 is 4.79 Å². The molecular weight excluding hydrogens is 314 g/mol. The molecule has 1 saturated heterocycles. The van der Waals surface area contributed by atoms with E-state index in [1.54, 1.807) is 0 Å². The minimum absolute atomic E-state index is 0.0871. The van der Waals surface area contributed by atoms with E-state index in [0.29, 0.717) is 18.4 Å². The summed E-state index contributed by atoms with van der Waals surface area (Å²) in [4.78, 5) is 31.9. The summed E-state index contributed by atoms with van der Waals surface area (Å²) in [6, 6.07) is 9.63. The number of nitrogens with one attached hydrogen (secondary N) is 1. The molecule has 2 aromatic rings. The summed E-state index contributed by atoms with van der Waals surface area (Å²) in [5, 5.41) is 1.01. The van der Waals surface area contributed by atoms with E-state index in [4.69, 9.17) is 0 Å². The van der Waals surface area contributed by atoms with Crippen LogP contribution in [-0.4, -0.2) is 53.4 Å². The summed E-state index contributed by atoms with van der Waals surface area (Å²) in [6.07, 6.45) is 3.32. The second-order valence-electron chi connectivity index (χ2n) is 6.79. The molecule has 25 heavy (non-hydrogen) atoms. The fraction of sp³-hybridized carbons (Fsp3) is 0.500. The monoisotopic (exact) mass is 341 g/mol. The number of H-pyrrole nitrogens is 1. The van der Waals surface area contributed by atoms with Crippen LogP contribution in [0.25, 0.3) is 10.9 Å². The second kappa shape index (κ2) is 8.30. The van der Waals surface area contributed by atoms with Crippen LogP contribution in [0.2, 0.25) is 0 Å². The lowest BCUT2D eigenvalue weighted by Crippen LogP contribution is -2.48. The van der Waals surface area contributed by atoms with Crippen molar-refractivity contribution in [2.75, 3.05) is 32.7 Å². The average Bonchev–Trinajstić information content (AvgIpc) is 2.64. The molecule has 0 saturated carbocycles. The van der Waals surface area contributed by atoms with Crippen LogP contribution in [0.15, 0.2) is 35.1 Å². The molecule has 0 atom stereocenters. The van der Waals surface area contributed by atoms with Gasteiger partial charge < -0.3 is 9.88 Å². The second-order valence-corrected chi connectivity index (χ2v) is 6.79. The van der Waals surface area contributed by atoms with Gasteiger partial charge in [0.25, 0.3) is 5.56 Å². The lowest BCUT2D eigenvalue weighted by atomic mass is 10.1. The van der Waals surface area contributed by atoms with Crippen LogP contribution < -0.4 is 5.56 Å². The molecule has 1 amide bonds. The smallest absolute Gasteiger partial charge is 0.251 e. The maximum absolute atomic E-state index is 12.5. The predicted octanol–water partition coefficient (Wildman–Crippen LogP) is 2.41. The van der Waals surface area contributed by atoms with Crippen LogP contribution in [0.5, 0.6) is 0 Å². The number of fused-ring (bicyclic) bond motifs is 1. The molecule has 0 bridgehead atoms. The number of aromatic amines is 1. The highest BCUT2D eigenvalue weighted by molar-refractivity contribution is 5.79. The molecule has 1 aliphatic rings. The normalized spacial score (nSPS) is 15.6. The highest BCUT2D eigenvalue weighted by Crippen LogP contribution is 2.12. The van der Waals surface area contributed by atoms with Gasteiger partial charge in [-0.25, -0.2) is 0 Å². The van der Waals surface area contributed by atoms with Gasteiger partial charge in [-0.2, -0.15) is 0 Å². The zero-order valence-electron chi connectivity index (χ0n) is 15.0. The zero-order chi connectivity index (χ0) is 17.6. The molecule has 0 radical (unpaired) electrons. The molecule has 1 fully saturated rings. The predicted molar refractivity (Wildman–Crippen MR) is 101 cm³/mol. The number of aryl methyl sites for hydroxylation is 1. The van der Waals surface area contributed by atoms with Gasteiger partial charge in [0.15, 0.2) is 0 Å². The Labute approximate surface area is 148 Å². The number of unbranched alkanes of at least 4 members (excludes halogenated alkanes) is 1. The first-order valence-electron chi connectivity index (χ1n) is 9.28. The number of benzene rings is 1. The first-order chi connectivity index (χ1) is 12.2. The van der Waals surface area contributed by atoms with Gasteiger partial charge in [0.05, 0.1) is 0 Å². The van der Waals surface area contributed by atoms with Crippen LogP contribution in [-0.2, 0) is 11.2 Å². The number of nitrogens with zero attached hydrogens (tertiary/aromatic N) is 2. The molecule has 2 heterocycles. The summed E-state index contributed by atoms with van der Waals surface area (Å²) in [5.41, 5.74) is 1.44. The Bertz CT molecular complexity index is 776. The Morgan fingerprint density at radius 1 is 1.16 bits per heavy atom. The Hall–Kier alpha value is -2.14. The van der Waals surface area contributed by atoms with Crippen molar-refractivity contribution in [1.82, 2.24) is 14.8 Å². The van der Waals surface area contributed by atoms with Crippen molar-refractivity contribution in [1.29, 1.82) is 0 Å². The minimum atomic E-state index is -0.0871. The third kappa shape index (κ3) is 4.48. The number of amides is 1. The van der Waals surface area contributed by atoms with Crippen molar-refractivity contribution in [3.8, 4) is 0 Å². The first-order valence-corrected chi connectivity index (χ1v) is 9.28. The van der Waals surface area contributed by atoms with E-state index >= 15 is 0 Å². The van der Waals surface area contributed by atoms with Gasteiger partial charge in [-0.05, 0) is 36.9 Å². The number of carbonyl (C=O) groups is 1. The molecular formula is C20H27N3O2. The lowest BCUT2D eigenvalue weighted by Gasteiger charge is -2.34. The summed E-state index contributed by atoms with van der Waals surface area (Å²) in [7, 11) is 0. The fourth-order valence-corrected chi connectivity index (χ4v) is 3.38. The average molecular weight is 341 g/mol. The van der Waals surface area contributed by atoms with Gasteiger partial charge in [0.1, 0.15) is 0 Å². The Morgan fingerprint density at radius 2 is 1.92 bits per heavy atom. The topological polar surface area (TPSA) is 56.4 Å². The quantitative estimate of drug-likeness (QED) is 0.878. The third-order valence-electron chi connectivity index (χ3n) is 4.99. The maximum atomic E-state index is 12.5. The Kier molecular flexibility index (Phi) is 5.87. The van der Waals surface area contributed by atoms with E-state index < -0.39 is 0 Å². The van der Waals surface area contributed by atoms with E-state index in [9.17, 15) is 9.59 Å². The number of aromatic nitrogens is 1. The highest BCUT2D eigenvalue weighted by Gasteiger charge is 2.20. The highest BCUT2D eigenvalue weighted by atomic mass is 16.2. The van der Waals surface area contributed by atoms with E-state index in [0.717, 1.165) is 43.6 Å². The molecule has 1 N–H and O–H groups in total. The SMILES string of the molecule is CCCCN1CCN(C(=O)CCc2cc3ccccc3[nH]c2=O)CC1. The molecule has 3 rings (SSSR count). The first kappa shape index (κ1) is 17.7. The van der Waals surface area contributed by atoms with E-state index in [2.05, 4.69) is 16.8 Å². The van der Waals surface area contributed by atoms with Gasteiger partial charge in [-0.3, -0.25) is 14.5 Å². The standard InChI is InChI=1S/C20H27N3O2/c1-2-3-10-22-11-13-23(14-12-22)19(24)9-8-17-15-16-6-4-5-7-18(16)21-20(17)25/h4-7,15H,2-3,8-14H2,1H3,(H,21,25). The number of pyridine rings is 1. The van der Waals surface area contributed by atoms with Crippen LogP contribution in [0.3, 0.4) is 0 Å². The van der Waals surface area contributed by atoms with E-state index in [1.807, 2.05) is 35.2 Å². The Balaban J connectivity index is 1.54. The molecule has 1 aromatic carbocycles. The van der Waals surface area contributed by atoms with Gasteiger partial charge in [-0.15, -0.1) is 0 Å². The summed E-state index contributed by atoms with van der Waals surface area (Å²) in [6.45, 7) is 6.86. The van der Waals surface area contributed by atoms with Crippen molar-refractivity contribution in [2.45, 2.75) is 32.6 Å². The van der Waals surface area contributed by atoms with Crippen molar-refractivity contribution in [3.63, 3.8) is 0 Å². The molecule has 5 heteroatoms. The van der Waals surface area contributed by atoms with Gasteiger partial charge in [0.2, 0.25) is 5.91 Å². The molecule has 134 valence electrons. The maximum Gasteiger partial charge on any atom is 0.251 e. The largest absolute Gasteiger partial charge is 0.340 e. The fourth-order valence-electron chi connectivity index (χ4n) is 3.38. The number of rotatable bonds is 6. The summed E-state index contributed by atoms with van der Waals surface area (Å²) >= 11 is 0. The number of carbonyl (C=O) groups excluding carboxylic acids is 1. The summed E-state index contributed by atoms with van der Waals surface area (Å²) < 4.78 is 0. The van der Waals surface area contributed by atoms with Crippen LogP contribution >= 0.6 is 0 Å².